The van der Waals surface area contributed by atoms with Crippen LogP contribution in [0, 0.1) is 0 Å². The zero-order chi connectivity index (χ0) is 24.4. The van der Waals surface area contributed by atoms with Crippen molar-refractivity contribution >= 4 is 28.4 Å². The number of rotatable bonds is 6. The predicted molar refractivity (Wildman–Crippen MR) is 131 cm³/mol. The maximum atomic E-state index is 13.1. The molecule has 0 radical (unpaired) electrons. The maximum Gasteiger partial charge on any atom is 0.416 e. The van der Waals surface area contributed by atoms with Gasteiger partial charge in [0.25, 0.3) is 0 Å². The molecule has 2 aromatic carbocycles. The minimum absolute atomic E-state index is 0.222. The Morgan fingerprint density at radius 3 is 2.49 bits per heavy atom. The van der Waals surface area contributed by atoms with Crippen LogP contribution in [-0.2, 0) is 6.18 Å². The molecule has 9 heteroatoms. The number of aromatic nitrogens is 3. The topological polar surface area (TPSA) is 57.2 Å². The molecule has 1 saturated heterocycles. The highest BCUT2D eigenvalue weighted by Gasteiger charge is 2.30. The first-order valence-corrected chi connectivity index (χ1v) is 11.6. The van der Waals surface area contributed by atoms with Gasteiger partial charge in [0.15, 0.2) is 0 Å². The number of nitrogens with zero attached hydrogens (tertiary/aromatic N) is 5. The van der Waals surface area contributed by atoms with E-state index in [1.54, 1.807) is 12.3 Å². The fraction of sp³-hybridized carbons (Fsp3) is 0.269. The average molecular weight is 479 g/mol. The summed E-state index contributed by atoms with van der Waals surface area (Å²) in [6.45, 7) is 5.05. The van der Waals surface area contributed by atoms with Gasteiger partial charge in [0.2, 0.25) is 5.95 Å². The van der Waals surface area contributed by atoms with E-state index in [1.165, 1.54) is 18.9 Å². The highest BCUT2D eigenvalue weighted by molar-refractivity contribution is 5.93. The second kappa shape index (κ2) is 9.50. The summed E-state index contributed by atoms with van der Waals surface area (Å²) in [5.41, 5.74) is 2.01. The van der Waals surface area contributed by atoms with Gasteiger partial charge in [-0.25, -0.2) is 20.0 Å². The largest absolute Gasteiger partial charge is 0.416 e. The third-order valence-electron chi connectivity index (χ3n) is 6.10. The first kappa shape index (κ1) is 23.0. The Bertz CT molecular complexity index is 1320. The first-order chi connectivity index (χ1) is 16.9. The summed E-state index contributed by atoms with van der Waals surface area (Å²) in [4.78, 5) is 13.6. The van der Waals surface area contributed by atoms with Crippen LogP contribution in [0.5, 0.6) is 0 Å². The summed E-state index contributed by atoms with van der Waals surface area (Å²) in [6.07, 6.45) is 1.47. The van der Waals surface area contributed by atoms with Gasteiger partial charge in [0.1, 0.15) is 5.82 Å². The Balaban J connectivity index is 1.45. The number of anilines is 3. The number of pyridine rings is 1. The molecule has 3 heterocycles. The van der Waals surface area contributed by atoms with Crippen LogP contribution in [0.3, 0.4) is 0 Å². The minimum atomic E-state index is -4.42. The highest BCUT2D eigenvalue weighted by atomic mass is 19.4. The Hall–Kier alpha value is -3.72. The van der Waals surface area contributed by atoms with Crippen molar-refractivity contribution < 1.29 is 13.2 Å². The Morgan fingerprint density at radius 2 is 1.77 bits per heavy atom. The van der Waals surface area contributed by atoms with E-state index < -0.39 is 11.7 Å². The third kappa shape index (κ3) is 4.90. The maximum absolute atomic E-state index is 13.1. The number of halogens is 3. The molecule has 1 N–H and O–H groups in total. The predicted octanol–water partition coefficient (Wildman–Crippen LogP) is 6.29. The van der Waals surface area contributed by atoms with E-state index in [0.29, 0.717) is 5.52 Å². The number of hydrazine groups is 1. The SMILES string of the molecule is CCN(c1ccc(-c2cccc3cnc(Nc4cccc(C(F)(F)F)c4)nc23)cn1)N1CCCC1. The van der Waals surface area contributed by atoms with E-state index >= 15 is 0 Å². The lowest BCUT2D eigenvalue weighted by molar-refractivity contribution is -0.137. The fourth-order valence-electron chi connectivity index (χ4n) is 4.40. The van der Waals surface area contributed by atoms with Crippen molar-refractivity contribution in [2.24, 2.45) is 0 Å². The van der Waals surface area contributed by atoms with Crippen molar-refractivity contribution in [3.05, 3.63) is 72.6 Å². The number of hydrogen-bond donors (Lipinski definition) is 1. The second-order valence-corrected chi connectivity index (χ2v) is 8.42. The lowest BCUT2D eigenvalue weighted by atomic mass is 10.0. The van der Waals surface area contributed by atoms with Crippen molar-refractivity contribution in [1.29, 1.82) is 0 Å². The number of benzene rings is 2. The van der Waals surface area contributed by atoms with E-state index in [2.05, 4.69) is 32.2 Å². The second-order valence-electron chi connectivity index (χ2n) is 8.42. The molecular weight excluding hydrogens is 453 g/mol. The van der Waals surface area contributed by atoms with Gasteiger partial charge >= 0.3 is 6.18 Å². The molecule has 0 atom stereocenters. The molecule has 0 aliphatic carbocycles. The molecule has 0 amide bonds. The molecule has 0 bridgehead atoms. The Labute approximate surface area is 201 Å². The van der Waals surface area contributed by atoms with Crippen molar-refractivity contribution in [2.45, 2.75) is 25.9 Å². The Morgan fingerprint density at radius 1 is 0.971 bits per heavy atom. The van der Waals surface area contributed by atoms with Crippen LogP contribution in [0.15, 0.2) is 67.0 Å². The lowest BCUT2D eigenvalue weighted by Crippen LogP contribution is -2.41. The van der Waals surface area contributed by atoms with Gasteiger partial charge in [-0.1, -0.05) is 24.3 Å². The lowest BCUT2D eigenvalue weighted by Gasteiger charge is -2.31. The van der Waals surface area contributed by atoms with Crippen molar-refractivity contribution in [3.63, 3.8) is 0 Å². The molecule has 0 spiro atoms. The molecule has 0 saturated carbocycles. The summed E-state index contributed by atoms with van der Waals surface area (Å²) < 4.78 is 39.2. The molecule has 1 aliphatic rings. The zero-order valence-electron chi connectivity index (χ0n) is 19.3. The van der Waals surface area contributed by atoms with Crippen LogP contribution in [0.4, 0.5) is 30.6 Å². The van der Waals surface area contributed by atoms with Crippen LogP contribution in [0.25, 0.3) is 22.0 Å². The standard InChI is InChI=1S/C26H25F3N6/c1-2-35(34-13-3-4-14-34)23-12-11-18(16-30-23)22-10-5-7-19-17-31-25(33-24(19)22)32-21-9-6-8-20(15-21)26(27,28)29/h5-12,15-17H,2-4,13-14H2,1H3,(H,31,32,33). The molecule has 35 heavy (non-hydrogen) atoms. The van der Waals surface area contributed by atoms with Crippen LogP contribution < -0.4 is 10.3 Å². The summed E-state index contributed by atoms with van der Waals surface area (Å²) in [5.74, 6) is 1.12. The van der Waals surface area contributed by atoms with Crippen LogP contribution in [-0.4, -0.2) is 39.6 Å². The molecule has 1 fully saturated rings. The molecule has 0 unspecified atom stereocenters. The number of fused-ring (bicyclic) bond motifs is 1. The minimum Gasteiger partial charge on any atom is -0.324 e. The Kier molecular flexibility index (Phi) is 6.25. The van der Waals surface area contributed by atoms with Gasteiger partial charge in [-0.3, -0.25) is 5.01 Å². The van der Waals surface area contributed by atoms with Crippen molar-refractivity contribution in [2.75, 3.05) is 30.0 Å². The van der Waals surface area contributed by atoms with Gasteiger partial charge in [0.05, 0.1) is 11.1 Å². The molecule has 4 aromatic rings. The van der Waals surface area contributed by atoms with Gasteiger partial charge in [-0.15, -0.1) is 0 Å². The van der Waals surface area contributed by atoms with Crippen LogP contribution in [0.1, 0.15) is 25.3 Å². The molecule has 5 rings (SSSR count). The van der Waals surface area contributed by atoms with E-state index in [4.69, 9.17) is 4.98 Å². The van der Waals surface area contributed by atoms with E-state index in [-0.39, 0.29) is 11.6 Å². The zero-order valence-corrected chi connectivity index (χ0v) is 19.3. The van der Waals surface area contributed by atoms with Crippen LogP contribution in [0.2, 0.25) is 0 Å². The van der Waals surface area contributed by atoms with Crippen molar-refractivity contribution in [3.8, 4) is 11.1 Å². The summed E-state index contributed by atoms with van der Waals surface area (Å²) in [6, 6.07) is 14.8. The van der Waals surface area contributed by atoms with E-state index in [0.717, 1.165) is 54.1 Å². The van der Waals surface area contributed by atoms with Gasteiger partial charge in [0, 0.05) is 54.2 Å². The third-order valence-corrected chi connectivity index (χ3v) is 6.10. The number of alkyl halides is 3. The average Bonchev–Trinajstić information content (AvgIpc) is 3.39. The van der Waals surface area contributed by atoms with Gasteiger partial charge in [-0.2, -0.15) is 13.2 Å². The van der Waals surface area contributed by atoms with E-state index in [9.17, 15) is 13.2 Å². The normalized spacial score (nSPS) is 14.4. The first-order valence-electron chi connectivity index (χ1n) is 11.6. The molecular formula is C26H25F3N6. The van der Waals surface area contributed by atoms with Gasteiger partial charge in [-0.05, 0) is 50.1 Å². The highest BCUT2D eigenvalue weighted by Crippen LogP contribution is 2.32. The fourth-order valence-corrected chi connectivity index (χ4v) is 4.40. The number of hydrogen-bond acceptors (Lipinski definition) is 6. The summed E-state index contributed by atoms with van der Waals surface area (Å²) in [5, 5.41) is 8.27. The van der Waals surface area contributed by atoms with Gasteiger partial charge < -0.3 is 5.32 Å². The quantitative estimate of drug-likeness (QED) is 0.351. The summed E-state index contributed by atoms with van der Waals surface area (Å²) >= 11 is 0. The van der Waals surface area contributed by atoms with Crippen LogP contribution >= 0.6 is 0 Å². The number of para-hydroxylation sites is 1. The molecule has 6 nitrogen and oxygen atoms in total. The monoisotopic (exact) mass is 478 g/mol. The number of nitrogens with one attached hydrogen (secondary N) is 1. The molecule has 1 aliphatic heterocycles. The molecule has 2 aromatic heterocycles. The summed E-state index contributed by atoms with van der Waals surface area (Å²) in [7, 11) is 0. The van der Waals surface area contributed by atoms with E-state index in [1.807, 2.05) is 36.5 Å². The molecule has 180 valence electrons. The van der Waals surface area contributed by atoms with Crippen molar-refractivity contribution in [1.82, 2.24) is 20.0 Å². The smallest absolute Gasteiger partial charge is 0.324 e.